The number of hydrogen-bond donors (Lipinski definition) is 0. The first kappa shape index (κ1) is 14.8. The first-order valence-corrected chi connectivity index (χ1v) is 7.86. The highest BCUT2D eigenvalue weighted by Gasteiger charge is 2.52. The molecule has 2 aliphatic heterocycles. The number of allylic oxidation sites excluding steroid dienone is 1. The Kier molecular flexibility index (Phi) is 4.02. The number of hydrogen-bond acceptors (Lipinski definition) is 5. The maximum Gasteiger partial charge on any atom is 0.330 e. The van der Waals surface area contributed by atoms with E-state index in [1.54, 1.807) is 18.7 Å². The van der Waals surface area contributed by atoms with Gasteiger partial charge in [0, 0.05) is 6.42 Å². The Morgan fingerprint density at radius 2 is 2.14 bits per heavy atom. The molecule has 0 bridgehead atoms. The third kappa shape index (κ3) is 2.92. The van der Waals surface area contributed by atoms with Crippen LogP contribution >= 0.6 is 11.8 Å². The predicted molar refractivity (Wildman–Crippen MR) is 85.4 cm³/mol. The van der Waals surface area contributed by atoms with E-state index < -0.39 is 5.97 Å². The number of nitrogens with zero attached hydrogens (tertiary/aromatic N) is 2. The summed E-state index contributed by atoms with van der Waals surface area (Å²) in [6.07, 6.45) is 0.718. The molecule has 6 heteroatoms. The second kappa shape index (κ2) is 5.96. The highest BCUT2D eigenvalue weighted by Crippen LogP contribution is 2.39. The van der Waals surface area contributed by atoms with Gasteiger partial charge in [-0.3, -0.25) is 9.79 Å². The summed E-state index contributed by atoms with van der Waals surface area (Å²) in [5.74, 6) is -0.245. The first-order valence-electron chi connectivity index (χ1n) is 6.98. The Hall–Kier alpha value is -2.08. The lowest BCUT2D eigenvalue weighted by atomic mass is 10.1. The van der Waals surface area contributed by atoms with Crippen molar-refractivity contribution in [3.05, 3.63) is 48.2 Å². The second-order valence-corrected chi connectivity index (χ2v) is 6.47. The van der Waals surface area contributed by atoms with Gasteiger partial charge in [-0.25, -0.2) is 4.79 Å². The Bertz CT molecular complexity index is 657. The summed E-state index contributed by atoms with van der Waals surface area (Å²) in [4.78, 5) is 29.7. The number of amides is 1. The molecule has 3 rings (SSSR count). The SMILES string of the molecule is C=C(C)OC(=O)CN1C(=O)C2N=C(Cc3ccccc3)SC21. The minimum absolute atomic E-state index is 0.0476. The summed E-state index contributed by atoms with van der Waals surface area (Å²) in [7, 11) is 0. The summed E-state index contributed by atoms with van der Waals surface area (Å²) in [5.41, 5.74) is 1.16. The molecule has 22 heavy (non-hydrogen) atoms. The Morgan fingerprint density at radius 1 is 1.41 bits per heavy atom. The third-order valence-electron chi connectivity index (χ3n) is 3.44. The normalized spacial score (nSPS) is 22.7. The van der Waals surface area contributed by atoms with Gasteiger partial charge >= 0.3 is 5.97 Å². The third-order valence-corrected chi connectivity index (χ3v) is 4.71. The topological polar surface area (TPSA) is 59.0 Å². The molecule has 1 amide bonds. The van der Waals surface area contributed by atoms with Crippen LogP contribution in [0.25, 0.3) is 0 Å². The zero-order valence-corrected chi connectivity index (χ0v) is 13.0. The van der Waals surface area contributed by atoms with Gasteiger partial charge in [-0.15, -0.1) is 0 Å². The standard InChI is InChI=1S/C16H16N2O3S/c1-10(2)21-13(19)9-18-15(20)14-16(18)22-12(17-14)8-11-6-4-3-5-7-11/h3-7,14,16H,1,8-9H2,2H3. The molecule has 0 saturated carbocycles. The summed E-state index contributed by atoms with van der Waals surface area (Å²) in [5, 5.41) is 0.856. The van der Waals surface area contributed by atoms with Crippen LogP contribution in [0, 0.1) is 0 Å². The van der Waals surface area contributed by atoms with Crippen LogP contribution in [0.5, 0.6) is 0 Å². The number of fused-ring (bicyclic) bond motifs is 1. The van der Waals surface area contributed by atoms with Crippen molar-refractivity contribution in [2.24, 2.45) is 4.99 Å². The lowest BCUT2D eigenvalue weighted by Gasteiger charge is -2.40. The van der Waals surface area contributed by atoms with E-state index in [-0.39, 0.29) is 23.9 Å². The van der Waals surface area contributed by atoms with Crippen LogP contribution in [0.4, 0.5) is 0 Å². The number of ether oxygens (including phenoxy) is 1. The highest BCUT2D eigenvalue weighted by molar-refractivity contribution is 8.14. The molecule has 1 saturated heterocycles. The zero-order valence-electron chi connectivity index (χ0n) is 12.2. The van der Waals surface area contributed by atoms with Crippen LogP contribution in [0.3, 0.4) is 0 Å². The summed E-state index contributed by atoms with van der Waals surface area (Å²) in [6, 6.07) is 9.65. The van der Waals surface area contributed by atoms with Gasteiger partial charge in [0.1, 0.15) is 11.9 Å². The summed E-state index contributed by atoms with van der Waals surface area (Å²) >= 11 is 1.55. The molecule has 114 valence electrons. The second-order valence-electron chi connectivity index (χ2n) is 5.28. The van der Waals surface area contributed by atoms with Crippen molar-refractivity contribution in [1.82, 2.24) is 4.90 Å². The van der Waals surface area contributed by atoms with Crippen LogP contribution in [-0.4, -0.2) is 39.8 Å². The molecule has 0 spiro atoms. The van der Waals surface area contributed by atoms with Gasteiger partial charge in [0.05, 0.1) is 10.8 Å². The summed E-state index contributed by atoms with van der Waals surface area (Å²) < 4.78 is 4.90. The molecule has 5 nitrogen and oxygen atoms in total. The molecule has 0 N–H and O–H groups in total. The van der Waals surface area contributed by atoms with Crippen LogP contribution in [0.1, 0.15) is 12.5 Å². The van der Waals surface area contributed by atoms with Gasteiger partial charge in [0.25, 0.3) is 5.91 Å². The molecule has 2 aliphatic rings. The van der Waals surface area contributed by atoms with Gasteiger partial charge in [-0.05, 0) is 12.5 Å². The predicted octanol–water partition coefficient (Wildman–Crippen LogP) is 1.99. The van der Waals surface area contributed by atoms with E-state index >= 15 is 0 Å². The maximum absolute atomic E-state index is 12.0. The fourth-order valence-electron chi connectivity index (χ4n) is 2.47. The van der Waals surface area contributed by atoms with E-state index in [0.717, 1.165) is 17.0 Å². The largest absolute Gasteiger partial charge is 0.431 e. The number of rotatable bonds is 5. The molecular weight excluding hydrogens is 300 g/mol. The number of esters is 1. The Labute approximate surface area is 133 Å². The van der Waals surface area contributed by atoms with E-state index in [9.17, 15) is 9.59 Å². The van der Waals surface area contributed by atoms with Gasteiger partial charge in [-0.2, -0.15) is 0 Å². The van der Waals surface area contributed by atoms with Gasteiger partial charge in [0.2, 0.25) is 0 Å². The summed E-state index contributed by atoms with van der Waals surface area (Å²) in [6.45, 7) is 5.07. The number of β-lactam (4-membered cyclic amide) rings is 1. The van der Waals surface area contributed by atoms with E-state index in [4.69, 9.17) is 4.74 Å². The molecule has 1 aromatic carbocycles. The molecule has 2 heterocycles. The Balaban J connectivity index is 1.59. The van der Waals surface area contributed by atoms with Crippen LogP contribution < -0.4 is 0 Å². The van der Waals surface area contributed by atoms with E-state index in [2.05, 4.69) is 11.6 Å². The quantitative estimate of drug-likeness (QED) is 0.473. The van der Waals surface area contributed by atoms with Crippen molar-refractivity contribution in [3.8, 4) is 0 Å². The van der Waals surface area contributed by atoms with E-state index in [1.165, 1.54) is 4.90 Å². The molecule has 1 fully saturated rings. The van der Waals surface area contributed by atoms with Crippen molar-refractivity contribution >= 4 is 28.7 Å². The highest BCUT2D eigenvalue weighted by atomic mass is 32.2. The first-order chi connectivity index (χ1) is 10.5. The molecule has 2 unspecified atom stereocenters. The van der Waals surface area contributed by atoms with Crippen molar-refractivity contribution in [1.29, 1.82) is 0 Å². The van der Waals surface area contributed by atoms with Gasteiger partial charge < -0.3 is 9.64 Å². The maximum atomic E-state index is 12.0. The van der Waals surface area contributed by atoms with Crippen LogP contribution in [-0.2, 0) is 20.7 Å². The minimum Gasteiger partial charge on any atom is -0.431 e. The smallest absolute Gasteiger partial charge is 0.330 e. The lowest BCUT2D eigenvalue weighted by molar-refractivity contribution is -0.153. The number of benzene rings is 1. The zero-order chi connectivity index (χ0) is 15.7. The van der Waals surface area contributed by atoms with E-state index in [1.807, 2.05) is 30.3 Å². The van der Waals surface area contributed by atoms with Crippen molar-refractivity contribution in [2.75, 3.05) is 6.54 Å². The number of carbonyl (C=O) groups excluding carboxylic acids is 2. The van der Waals surface area contributed by atoms with Crippen molar-refractivity contribution in [3.63, 3.8) is 0 Å². The van der Waals surface area contributed by atoms with Crippen LogP contribution in [0.15, 0.2) is 47.7 Å². The number of aliphatic imine (C=N–C) groups is 1. The molecular formula is C16H16N2O3S. The van der Waals surface area contributed by atoms with Crippen molar-refractivity contribution < 1.29 is 14.3 Å². The number of likely N-dealkylation sites (tertiary alicyclic amines) is 1. The van der Waals surface area contributed by atoms with Gasteiger partial charge in [0.15, 0.2) is 6.04 Å². The van der Waals surface area contributed by atoms with Crippen LogP contribution in [0.2, 0.25) is 0 Å². The number of carbonyl (C=O) groups is 2. The minimum atomic E-state index is -0.462. The fraction of sp³-hybridized carbons (Fsp3) is 0.312. The monoisotopic (exact) mass is 316 g/mol. The average Bonchev–Trinajstić information content (AvgIpc) is 2.85. The number of thioether (sulfide) groups is 1. The molecule has 0 aliphatic carbocycles. The van der Waals surface area contributed by atoms with E-state index in [0.29, 0.717) is 5.76 Å². The molecule has 1 aromatic rings. The molecule has 2 atom stereocenters. The average molecular weight is 316 g/mol. The lowest BCUT2D eigenvalue weighted by Crippen LogP contribution is -2.62. The molecule has 0 aromatic heterocycles. The Morgan fingerprint density at radius 3 is 2.82 bits per heavy atom. The molecule has 0 radical (unpaired) electrons. The van der Waals surface area contributed by atoms with Gasteiger partial charge in [-0.1, -0.05) is 48.7 Å². The van der Waals surface area contributed by atoms with Crippen molar-refractivity contribution in [2.45, 2.75) is 24.8 Å². The fourth-order valence-corrected chi connectivity index (χ4v) is 3.78.